The normalized spacial score (nSPS) is 11.3. The van der Waals surface area contributed by atoms with E-state index < -0.39 is 5.97 Å². The third-order valence-corrected chi connectivity index (χ3v) is 3.79. The highest BCUT2D eigenvalue weighted by Gasteiger charge is 2.21. The van der Waals surface area contributed by atoms with E-state index in [-0.39, 0.29) is 13.0 Å². The molecule has 0 aliphatic carbocycles. The van der Waals surface area contributed by atoms with E-state index in [1.54, 1.807) is 16.3 Å². The second kappa shape index (κ2) is 6.48. The van der Waals surface area contributed by atoms with Crippen LogP contribution in [0.25, 0.3) is 22.6 Å². The van der Waals surface area contributed by atoms with Crippen LogP contribution in [0.15, 0.2) is 30.3 Å². The summed E-state index contributed by atoms with van der Waals surface area (Å²) < 4.78 is 13.1. The maximum absolute atomic E-state index is 11.8. The van der Waals surface area contributed by atoms with Gasteiger partial charge in [-0.25, -0.2) is 4.68 Å². The van der Waals surface area contributed by atoms with Gasteiger partial charge in [0.2, 0.25) is 0 Å². The molecular formula is C16H15N7O3. The molecule has 10 nitrogen and oxygen atoms in total. The lowest BCUT2D eigenvalue weighted by Crippen LogP contribution is -2.06. The first-order chi connectivity index (χ1) is 12.7. The van der Waals surface area contributed by atoms with Crippen molar-refractivity contribution in [3.05, 3.63) is 41.9 Å². The maximum Gasteiger partial charge on any atom is 0.311 e. The summed E-state index contributed by atoms with van der Waals surface area (Å²) in [5.41, 5.74) is 2.27. The molecule has 0 radical (unpaired) electrons. The molecule has 0 fully saturated rings. The van der Waals surface area contributed by atoms with Gasteiger partial charge in [-0.15, -0.1) is 15.3 Å². The molecule has 10 heteroatoms. The molecule has 0 atom stereocenters. The van der Waals surface area contributed by atoms with Crippen LogP contribution >= 0.6 is 0 Å². The molecule has 4 aromatic rings. The Morgan fingerprint density at radius 3 is 2.65 bits per heavy atom. The van der Waals surface area contributed by atoms with Crippen molar-refractivity contribution in [3.8, 4) is 5.69 Å². The number of hydrogen-bond acceptors (Lipinski definition) is 8. The number of esters is 1. The average Bonchev–Trinajstić information content (AvgIpc) is 3.23. The van der Waals surface area contributed by atoms with Gasteiger partial charge in [0, 0.05) is 7.11 Å². The molecule has 0 spiro atoms. The summed E-state index contributed by atoms with van der Waals surface area (Å²) in [6.07, 6.45) is -0.0212. The second-order valence-corrected chi connectivity index (χ2v) is 5.49. The summed E-state index contributed by atoms with van der Waals surface area (Å²) >= 11 is 0. The molecule has 0 saturated heterocycles. The van der Waals surface area contributed by atoms with Crippen LogP contribution < -0.4 is 0 Å². The topological polar surface area (TPSA) is 109 Å². The standard InChI is InChI=1S/C16H15N7O3/c1-25-9-12-17-16-19-18-14-11(8-13(24)26-2)20-22(15(14)23(16)21-12)10-6-4-3-5-7-10/h3-7H,8-9H2,1-2H3. The minimum absolute atomic E-state index is 0.0212. The van der Waals surface area contributed by atoms with Crippen molar-refractivity contribution >= 4 is 22.9 Å². The van der Waals surface area contributed by atoms with E-state index in [1.165, 1.54) is 7.11 Å². The van der Waals surface area contributed by atoms with Crippen LogP contribution in [0.1, 0.15) is 11.5 Å². The van der Waals surface area contributed by atoms with Gasteiger partial charge in [-0.2, -0.15) is 14.6 Å². The first-order valence-electron chi connectivity index (χ1n) is 7.82. The van der Waals surface area contributed by atoms with Crippen molar-refractivity contribution in [2.75, 3.05) is 14.2 Å². The summed E-state index contributed by atoms with van der Waals surface area (Å²) in [5, 5.41) is 17.3. The molecular weight excluding hydrogens is 338 g/mol. The van der Waals surface area contributed by atoms with Crippen molar-refractivity contribution < 1.29 is 14.3 Å². The zero-order valence-electron chi connectivity index (χ0n) is 14.2. The maximum atomic E-state index is 11.8. The molecule has 132 valence electrons. The third kappa shape index (κ3) is 2.65. The van der Waals surface area contributed by atoms with Crippen molar-refractivity contribution in [3.63, 3.8) is 0 Å². The van der Waals surface area contributed by atoms with Crippen LogP contribution in [0.2, 0.25) is 0 Å². The van der Waals surface area contributed by atoms with Crippen LogP contribution in [-0.2, 0) is 27.3 Å². The number of hydrogen-bond donors (Lipinski definition) is 0. The molecule has 0 N–H and O–H groups in total. The van der Waals surface area contributed by atoms with Gasteiger partial charge >= 0.3 is 5.97 Å². The van der Waals surface area contributed by atoms with Gasteiger partial charge in [0.25, 0.3) is 5.78 Å². The van der Waals surface area contributed by atoms with Gasteiger partial charge in [-0.1, -0.05) is 18.2 Å². The van der Waals surface area contributed by atoms with Gasteiger partial charge in [-0.3, -0.25) is 4.79 Å². The Morgan fingerprint density at radius 2 is 1.92 bits per heavy atom. The van der Waals surface area contributed by atoms with E-state index in [0.717, 1.165) is 5.69 Å². The Kier molecular flexibility index (Phi) is 4.01. The molecule has 3 aromatic heterocycles. The van der Waals surface area contributed by atoms with E-state index in [9.17, 15) is 4.79 Å². The molecule has 0 saturated carbocycles. The van der Waals surface area contributed by atoms with E-state index in [0.29, 0.717) is 28.5 Å². The van der Waals surface area contributed by atoms with Crippen LogP contribution in [0.4, 0.5) is 0 Å². The van der Waals surface area contributed by atoms with Crippen LogP contribution in [0.3, 0.4) is 0 Å². The van der Waals surface area contributed by atoms with E-state index in [4.69, 9.17) is 9.47 Å². The number of aromatic nitrogens is 7. The number of methoxy groups -OCH3 is 2. The van der Waals surface area contributed by atoms with Crippen LogP contribution in [0, 0.1) is 0 Å². The lowest BCUT2D eigenvalue weighted by molar-refractivity contribution is -0.139. The summed E-state index contributed by atoms with van der Waals surface area (Å²) in [6.45, 7) is 0.249. The number of ether oxygens (including phenoxy) is 2. The molecule has 0 aliphatic rings. The first kappa shape index (κ1) is 16.1. The van der Waals surface area contributed by atoms with Crippen molar-refractivity contribution in [2.24, 2.45) is 0 Å². The monoisotopic (exact) mass is 353 g/mol. The Hall–Kier alpha value is -3.40. The molecule has 0 aliphatic heterocycles. The fraction of sp³-hybridized carbons (Fsp3) is 0.250. The van der Waals surface area contributed by atoms with E-state index in [2.05, 4.69) is 25.4 Å². The number of carbonyl (C=O) groups excluding carboxylic acids is 1. The first-order valence-corrected chi connectivity index (χ1v) is 7.82. The molecule has 0 bridgehead atoms. The number of benzene rings is 1. The molecule has 3 heterocycles. The second-order valence-electron chi connectivity index (χ2n) is 5.49. The fourth-order valence-electron chi connectivity index (χ4n) is 2.65. The minimum Gasteiger partial charge on any atom is -0.469 e. The quantitative estimate of drug-likeness (QED) is 0.483. The zero-order valence-corrected chi connectivity index (χ0v) is 14.2. The predicted octanol–water partition coefficient (Wildman–Crippen LogP) is 0.720. The van der Waals surface area contributed by atoms with Crippen molar-refractivity contribution in [2.45, 2.75) is 13.0 Å². The number of rotatable bonds is 5. The highest BCUT2D eigenvalue weighted by Crippen LogP contribution is 2.21. The molecule has 0 amide bonds. The minimum atomic E-state index is -0.412. The summed E-state index contributed by atoms with van der Waals surface area (Å²) in [5.74, 6) is 0.390. The molecule has 26 heavy (non-hydrogen) atoms. The third-order valence-electron chi connectivity index (χ3n) is 3.79. The molecule has 1 aromatic carbocycles. The Morgan fingerprint density at radius 1 is 1.12 bits per heavy atom. The Labute approximate surface area is 147 Å². The molecule has 4 rings (SSSR count). The largest absolute Gasteiger partial charge is 0.469 e. The van der Waals surface area contributed by atoms with Gasteiger partial charge in [0.1, 0.15) is 12.3 Å². The number of nitrogens with zero attached hydrogens (tertiary/aromatic N) is 7. The molecule has 0 unspecified atom stereocenters. The number of fused-ring (bicyclic) bond motifs is 3. The van der Waals surface area contributed by atoms with Crippen LogP contribution in [0.5, 0.6) is 0 Å². The number of para-hydroxylation sites is 1. The van der Waals surface area contributed by atoms with E-state index >= 15 is 0 Å². The van der Waals surface area contributed by atoms with Gasteiger partial charge in [0.15, 0.2) is 17.0 Å². The Bertz CT molecular complexity index is 1090. The van der Waals surface area contributed by atoms with Crippen molar-refractivity contribution in [1.82, 2.24) is 34.6 Å². The van der Waals surface area contributed by atoms with Gasteiger partial charge in [0.05, 0.1) is 19.2 Å². The lowest BCUT2D eigenvalue weighted by Gasteiger charge is -2.02. The highest BCUT2D eigenvalue weighted by molar-refractivity contribution is 5.82. The average molecular weight is 353 g/mol. The van der Waals surface area contributed by atoms with Gasteiger partial charge in [-0.05, 0) is 12.1 Å². The number of carbonyl (C=O) groups is 1. The smallest absolute Gasteiger partial charge is 0.311 e. The Balaban J connectivity index is 2.00. The summed E-state index contributed by atoms with van der Waals surface area (Å²) in [7, 11) is 2.90. The van der Waals surface area contributed by atoms with E-state index in [1.807, 2.05) is 30.3 Å². The summed E-state index contributed by atoms with van der Waals surface area (Å²) in [6, 6.07) is 9.49. The predicted molar refractivity (Wildman–Crippen MR) is 89.6 cm³/mol. The van der Waals surface area contributed by atoms with Crippen molar-refractivity contribution in [1.29, 1.82) is 0 Å². The SMILES string of the molecule is COCc1nc2nnc3c(CC(=O)OC)nn(-c4ccccc4)c3n2n1. The highest BCUT2D eigenvalue weighted by atomic mass is 16.5. The van der Waals surface area contributed by atoms with Crippen LogP contribution in [-0.4, -0.2) is 54.8 Å². The fourth-order valence-corrected chi connectivity index (χ4v) is 2.65. The zero-order chi connectivity index (χ0) is 18.1. The lowest BCUT2D eigenvalue weighted by atomic mass is 10.3. The van der Waals surface area contributed by atoms with Gasteiger partial charge < -0.3 is 9.47 Å². The summed E-state index contributed by atoms with van der Waals surface area (Å²) in [4.78, 5) is 16.0.